The molecule has 94 valence electrons. The molecule has 17 heavy (non-hydrogen) atoms. The topological polar surface area (TPSA) is 35.2 Å². The molecule has 0 radical (unpaired) electrons. The summed E-state index contributed by atoms with van der Waals surface area (Å²) in [4.78, 5) is 0.413. The summed E-state index contributed by atoms with van der Waals surface area (Å²) >= 11 is 6.89. The van der Waals surface area contributed by atoms with Crippen LogP contribution in [0.3, 0.4) is 0 Å². The summed E-state index contributed by atoms with van der Waals surface area (Å²) in [6, 6.07) is 5.84. The first-order chi connectivity index (χ1) is 8.15. The Hall–Kier alpha value is -0.740. The first-order valence-corrected chi connectivity index (χ1v) is 7.32. The van der Waals surface area contributed by atoms with Crippen molar-refractivity contribution in [2.75, 3.05) is 18.1 Å². The Morgan fingerprint density at radius 1 is 1.47 bits per heavy atom. The van der Waals surface area contributed by atoms with Crippen molar-refractivity contribution in [3.63, 3.8) is 0 Å². The van der Waals surface area contributed by atoms with E-state index in [4.69, 9.17) is 22.7 Å². The van der Waals surface area contributed by atoms with Gasteiger partial charge in [-0.05, 0) is 36.5 Å². The maximum Gasteiger partial charge on any atom is 0.122 e. The van der Waals surface area contributed by atoms with Crippen LogP contribution in [0.1, 0.15) is 24.5 Å². The maximum absolute atomic E-state index is 5.75. The molecule has 0 spiro atoms. The van der Waals surface area contributed by atoms with Gasteiger partial charge in [0.2, 0.25) is 0 Å². The number of rotatable bonds is 7. The molecule has 0 unspecified atom stereocenters. The Labute approximate surface area is 113 Å². The highest BCUT2D eigenvalue weighted by Crippen LogP contribution is 2.20. The van der Waals surface area contributed by atoms with Crippen LogP contribution in [0, 0.1) is 6.92 Å². The summed E-state index contributed by atoms with van der Waals surface area (Å²) in [6.07, 6.45) is 1.06. The molecule has 0 fully saturated rings. The second-order valence-corrected chi connectivity index (χ2v) is 5.58. The van der Waals surface area contributed by atoms with Crippen molar-refractivity contribution in [3.05, 3.63) is 29.3 Å². The van der Waals surface area contributed by atoms with Crippen molar-refractivity contribution in [3.8, 4) is 5.75 Å². The Kier molecular flexibility index (Phi) is 6.37. The Bertz CT molecular complexity index is 380. The maximum atomic E-state index is 5.75. The lowest BCUT2D eigenvalue weighted by molar-refractivity contribution is 0.316. The zero-order valence-corrected chi connectivity index (χ0v) is 12.0. The molecule has 0 aliphatic carbocycles. The third-order valence-corrected chi connectivity index (χ3v) is 3.59. The van der Waals surface area contributed by atoms with E-state index in [1.165, 1.54) is 0 Å². The predicted octanol–water partition coefficient (Wildman–Crippen LogP) is 3.15. The summed E-state index contributed by atoms with van der Waals surface area (Å²) in [5.41, 5.74) is 7.58. The molecule has 4 heteroatoms. The zero-order chi connectivity index (χ0) is 12.7. The Morgan fingerprint density at radius 2 is 2.24 bits per heavy atom. The summed E-state index contributed by atoms with van der Waals surface area (Å²) in [5, 5.41) is 0. The number of nitrogens with two attached hydrogens (primary N) is 1. The van der Waals surface area contributed by atoms with Gasteiger partial charge in [-0.3, -0.25) is 0 Å². The highest BCUT2D eigenvalue weighted by Gasteiger charge is 2.03. The average Bonchev–Trinajstić information content (AvgIpc) is 2.30. The van der Waals surface area contributed by atoms with Gasteiger partial charge in [0.25, 0.3) is 0 Å². The number of thioether (sulfide) groups is 1. The second-order valence-electron chi connectivity index (χ2n) is 3.74. The third-order valence-electron chi connectivity index (χ3n) is 2.37. The molecule has 1 aromatic rings. The second kappa shape index (κ2) is 7.56. The molecule has 0 heterocycles. The van der Waals surface area contributed by atoms with Gasteiger partial charge in [0.15, 0.2) is 0 Å². The molecule has 0 bridgehead atoms. The molecule has 2 nitrogen and oxygen atoms in total. The summed E-state index contributed by atoms with van der Waals surface area (Å²) < 4.78 is 5.75. The van der Waals surface area contributed by atoms with Gasteiger partial charge < -0.3 is 10.5 Å². The van der Waals surface area contributed by atoms with Crippen LogP contribution in [-0.4, -0.2) is 23.1 Å². The molecule has 0 aromatic heterocycles. The predicted molar refractivity (Wildman–Crippen MR) is 80.2 cm³/mol. The molecular weight excluding hydrogens is 250 g/mol. The Morgan fingerprint density at radius 3 is 2.88 bits per heavy atom. The van der Waals surface area contributed by atoms with Crippen molar-refractivity contribution >= 4 is 29.0 Å². The molecular formula is C13H19NOS2. The molecule has 1 rings (SSSR count). The van der Waals surface area contributed by atoms with Crippen LogP contribution in [0.15, 0.2) is 18.2 Å². The zero-order valence-electron chi connectivity index (χ0n) is 10.4. The highest BCUT2D eigenvalue weighted by atomic mass is 32.2. The smallest absolute Gasteiger partial charge is 0.122 e. The molecule has 0 aliphatic rings. The van der Waals surface area contributed by atoms with E-state index in [2.05, 4.69) is 6.92 Å². The fourth-order valence-corrected chi connectivity index (χ4v) is 2.13. The highest BCUT2D eigenvalue weighted by molar-refractivity contribution is 7.99. The standard InChI is InChI=1S/C13H19NOS2/c1-3-17-8-4-7-15-12-9-11(13(14)16)6-5-10(12)2/h5-6,9H,3-4,7-8H2,1-2H3,(H2,14,16). The van der Waals surface area contributed by atoms with Crippen molar-refractivity contribution in [2.24, 2.45) is 5.73 Å². The molecule has 0 atom stereocenters. The van der Waals surface area contributed by atoms with Gasteiger partial charge in [-0.25, -0.2) is 0 Å². The SMILES string of the molecule is CCSCCCOc1cc(C(N)=S)ccc1C. The van der Waals surface area contributed by atoms with Crippen LogP contribution in [0.5, 0.6) is 5.75 Å². The van der Waals surface area contributed by atoms with Gasteiger partial charge in [-0.15, -0.1) is 0 Å². The van der Waals surface area contributed by atoms with Crippen LogP contribution in [0.4, 0.5) is 0 Å². The van der Waals surface area contributed by atoms with Crippen LogP contribution in [0.25, 0.3) is 0 Å². The fourth-order valence-electron chi connectivity index (χ4n) is 1.40. The third kappa shape index (κ3) is 4.96. The largest absolute Gasteiger partial charge is 0.493 e. The first-order valence-electron chi connectivity index (χ1n) is 5.76. The van der Waals surface area contributed by atoms with Crippen LogP contribution in [-0.2, 0) is 0 Å². The van der Waals surface area contributed by atoms with Gasteiger partial charge >= 0.3 is 0 Å². The van der Waals surface area contributed by atoms with Crippen molar-refractivity contribution in [1.82, 2.24) is 0 Å². The van der Waals surface area contributed by atoms with Crippen LogP contribution in [0.2, 0.25) is 0 Å². The van der Waals surface area contributed by atoms with Crippen LogP contribution >= 0.6 is 24.0 Å². The van der Waals surface area contributed by atoms with E-state index in [0.29, 0.717) is 4.99 Å². The number of ether oxygens (including phenoxy) is 1. The van der Waals surface area contributed by atoms with Gasteiger partial charge in [0.05, 0.1) is 6.61 Å². The van der Waals surface area contributed by atoms with E-state index in [1.54, 1.807) is 0 Å². The van der Waals surface area contributed by atoms with E-state index >= 15 is 0 Å². The fraction of sp³-hybridized carbons (Fsp3) is 0.462. The molecule has 0 saturated carbocycles. The van der Waals surface area contributed by atoms with Gasteiger partial charge in [-0.2, -0.15) is 11.8 Å². The molecule has 0 saturated heterocycles. The van der Waals surface area contributed by atoms with Crippen molar-refractivity contribution in [1.29, 1.82) is 0 Å². The van der Waals surface area contributed by atoms with E-state index < -0.39 is 0 Å². The lowest BCUT2D eigenvalue weighted by Gasteiger charge is -2.10. The number of hydrogen-bond donors (Lipinski definition) is 1. The lowest BCUT2D eigenvalue weighted by Crippen LogP contribution is -2.10. The van der Waals surface area contributed by atoms with E-state index in [0.717, 1.165) is 41.4 Å². The number of benzene rings is 1. The summed E-state index contributed by atoms with van der Waals surface area (Å²) in [7, 11) is 0. The normalized spacial score (nSPS) is 10.2. The van der Waals surface area contributed by atoms with E-state index in [1.807, 2.05) is 36.9 Å². The molecule has 2 N–H and O–H groups in total. The first kappa shape index (κ1) is 14.3. The number of aryl methyl sites for hydroxylation is 1. The monoisotopic (exact) mass is 269 g/mol. The summed E-state index contributed by atoms with van der Waals surface area (Å²) in [5.74, 6) is 3.19. The van der Waals surface area contributed by atoms with Crippen LogP contribution < -0.4 is 10.5 Å². The summed E-state index contributed by atoms with van der Waals surface area (Å²) in [6.45, 7) is 4.94. The minimum Gasteiger partial charge on any atom is -0.493 e. The molecule has 1 aromatic carbocycles. The molecule has 0 aliphatic heterocycles. The quantitative estimate of drug-likeness (QED) is 0.609. The van der Waals surface area contributed by atoms with Gasteiger partial charge in [0.1, 0.15) is 10.7 Å². The minimum atomic E-state index is 0.413. The van der Waals surface area contributed by atoms with E-state index in [9.17, 15) is 0 Å². The Balaban J connectivity index is 2.51. The number of thiocarbonyl (C=S) groups is 1. The molecule has 0 amide bonds. The average molecular weight is 269 g/mol. The minimum absolute atomic E-state index is 0.413. The van der Waals surface area contributed by atoms with Crippen molar-refractivity contribution < 1.29 is 4.74 Å². The number of hydrogen-bond acceptors (Lipinski definition) is 3. The van der Waals surface area contributed by atoms with Gasteiger partial charge in [0, 0.05) is 5.56 Å². The van der Waals surface area contributed by atoms with Crippen molar-refractivity contribution in [2.45, 2.75) is 20.3 Å². The lowest BCUT2D eigenvalue weighted by atomic mass is 10.1. The van der Waals surface area contributed by atoms with E-state index in [-0.39, 0.29) is 0 Å². The van der Waals surface area contributed by atoms with Gasteiger partial charge in [-0.1, -0.05) is 31.3 Å².